The third-order valence-electron chi connectivity index (χ3n) is 4.11. The molecule has 0 aromatic carbocycles. The van der Waals surface area contributed by atoms with Gasteiger partial charge in [0.05, 0.1) is 0 Å². The van der Waals surface area contributed by atoms with E-state index in [2.05, 4.69) is 10.6 Å². The quantitative estimate of drug-likeness (QED) is 0.780. The number of carbonyl (C=O) groups excluding carboxylic acids is 2. The summed E-state index contributed by atoms with van der Waals surface area (Å²) >= 11 is 0. The van der Waals surface area contributed by atoms with E-state index in [0.29, 0.717) is 45.1 Å². The number of amides is 3. The lowest BCUT2D eigenvalue weighted by molar-refractivity contribution is -0.133. The molecule has 2 aliphatic heterocycles. The first-order valence-electron chi connectivity index (χ1n) is 7.72. The van der Waals surface area contributed by atoms with E-state index in [1.807, 2.05) is 11.8 Å². The van der Waals surface area contributed by atoms with Crippen LogP contribution < -0.4 is 10.6 Å². The fourth-order valence-corrected chi connectivity index (χ4v) is 2.90. The lowest BCUT2D eigenvalue weighted by Gasteiger charge is -2.35. The largest absolute Gasteiger partial charge is 0.339 e. The number of hydrogen-bond acceptors (Lipinski definition) is 3. The molecule has 6 heteroatoms. The molecule has 2 aliphatic rings. The molecular formula is C14H26N4O2. The van der Waals surface area contributed by atoms with Gasteiger partial charge < -0.3 is 20.4 Å². The van der Waals surface area contributed by atoms with Gasteiger partial charge in [0.2, 0.25) is 5.91 Å². The van der Waals surface area contributed by atoms with E-state index in [-0.39, 0.29) is 11.9 Å². The highest BCUT2D eigenvalue weighted by molar-refractivity contribution is 5.78. The highest BCUT2D eigenvalue weighted by Gasteiger charge is 2.25. The summed E-state index contributed by atoms with van der Waals surface area (Å²) in [6.07, 6.45) is 2.97. The molecule has 0 saturated carbocycles. The Kier molecular flexibility index (Phi) is 5.64. The van der Waals surface area contributed by atoms with Crippen molar-refractivity contribution >= 4 is 11.9 Å². The van der Waals surface area contributed by atoms with Crippen LogP contribution in [0.3, 0.4) is 0 Å². The summed E-state index contributed by atoms with van der Waals surface area (Å²) in [5, 5.41) is 6.15. The second-order valence-electron chi connectivity index (χ2n) is 5.62. The minimum atomic E-state index is -0.0175. The molecule has 2 N–H and O–H groups in total. The highest BCUT2D eigenvalue weighted by Crippen LogP contribution is 2.16. The molecule has 0 aromatic heterocycles. The van der Waals surface area contributed by atoms with Crippen molar-refractivity contribution in [3.05, 3.63) is 0 Å². The zero-order valence-electron chi connectivity index (χ0n) is 12.4. The minimum absolute atomic E-state index is 0.0175. The summed E-state index contributed by atoms with van der Waals surface area (Å²) in [6, 6.07) is -0.0175. The van der Waals surface area contributed by atoms with E-state index < -0.39 is 0 Å². The molecule has 0 bridgehead atoms. The third-order valence-corrected chi connectivity index (χ3v) is 4.11. The molecular weight excluding hydrogens is 256 g/mol. The van der Waals surface area contributed by atoms with E-state index >= 15 is 0 Å². The van der Waals surface area contributed by atoms with Crippen LogP contribution in [-0.2, 0) is 4.79 Å². The molecule has 2 fully saturated rings. The Bertz CT molecular complexity index is 334. The minimum Gasteiger partial charge on any atom is -0.339 e. The Morgan fingerprint density at radius 3 is 2.50 bits per heavy atom. The number of urea groups is 1. The van der Waals surface area contributed by atoms with Crippen molar-refractivity contribution in [2.24, 2.45) is 5.92 Å². The van der Waals surface area contributed by atoms with Gasteiger partial charge in [-0.15, -0.1) is 0 Å². The van der Waals surface area contributed by atoms with Crippen molar-refractivity contribution < 1.29 is 9.59 Å². The fraction of sp³-hybridized carbons (Fsp3) is 0.857. The third kappa shape index (κ3) is 4.10. The van der Waals surface area contributed by atoms with Crippen LogP contribution in [-0.4, -0.2) is 67.6 Å². The molecule has 0 aromatic rings. The molecule has 0 spiro atoms. The smallest absolute Gasteiger partial charge is 0.317 e. The second-order valence-corrected chi connectivity index (χ2v) is 5.62. The first-order chi connectivity index (χ1) is 9.70. The number of nitrogens with one attached hydrogen (secondary N) is 2. The van der Waals surface area contributed by atoms with Crippen molar-refractivity contribution in [3.63, 3.8) is 0 Å². The Labute approximate surface area is 120 Å². The van der Waals surface area contributed by atoms with Gasteiger partial charge in [-0.1, -0.05) is 0 Å². The summed E-state index contributed by atoms with van der Waals surface area (Å²) in [5.74, 6) is 0.729. The van der Waals surface area contributed by atoms with Crippen LogP contribution in [0.25, 0.3) is 0 Å². The number of nitrogens with zero attached hydrogens (tertiary/aromatic N) is 2. The molecule has 6 nitrogen and oxygen atoms in total. The van der Waals surface area contributed by atoms with Gasteiger partial charge in [0, 0.05) is 39.1 Å². The molecule has 2 saturated heterocycles. The van der Waals surface area contributed by atoms with Crippen molar-refractivity contribution in [1.29, 1.82) is 0 Å². The molecule has 3 amide bonds. The van der Waals surface area contributed by atoms with Gasteiger partial charge >= 0.3 is 6.03 Å². The Morgan fingerprint density at radius 2 is 1.90 bits per heavy atom. The van der Waals surface area contributed by atoms with Gasteiger partial charge in [-0.05, 0) is 38.8 Å². The summed E-state index contributed by atoms with van der Waals surface area (Å²) < 4.78 is 0. The molecule has 2 heterocycles. The number of piperidine rings is 1. The van der Waals surface area contributed by atoms with Crippen LogP contribution in [0.15, 0.2) is 0 Å². The maximum Gasteiger partial charge on any atom is 0.317 e. The lowest BCUT2D eigenvalue weighted by atomic mass is 9.95. The highest BCUT2D eigenvalue weighted by atomic mass is 16.2. The standard InChI is InChI=1S/C14H26N4O2/c1-2-16-14(20)18-8-6-17(7-9-18)13(19)10-12-4-3-5-15-11-12/h12,15H,2-11H2,1H3,(H,16,20). The fourth-order valence-electron chi connectivity index (χ4n) is 2.90. The Morgan fingerprint density at radius 1 is 1.20 bits per heavy atom. The monoisotopic (exact) mass is 282 g/mol. The summed E-state index contributed by atoms with van der Waals surface area (Å²) in [4.78, 5) is 27.6. The first-order valence-corrected chi connectivity index (χ1v) is 7.72. The molecule has 20 heavy (non-hydrogen) atoms. The van der Waals surface area contributed by atoms with Gasteiger partial charge in [0.1, 0.15) is 0 Å². The van der Waals surface area contributed by atoms with Crippen LogP contribution in [0.5, 0.6) is 0 Å². The van der Waals surface area contributed by atoms with Crippen LogP contribution in [0, 0.1) is 5.92 Å². The molecule has 1 unspecified atom stereocenters. The summed E-state index contributed by atoms with van der Waals surface area (Å²) in [6.45, 7) is 7.20. The predicted octanol–water partition coefficient (Wildman–Crippen LogP) is 0.250. The predicted molar refractivity (Wildman–Crippen MR) is 77.4 cm³/mol. The molecule has 114 valence electrons. The van der Waals surface area contributed by atoms with Crippen molar-refractivity contribution in [1.82, 2.24) is 20.4 Å². The van der Waals surface area contributed by atoms with E-state index in [0.717, 1.165) is 19.5 Å². The zero-order chi connectivity index (χ0) is 14.4. The average molecular weight is 282 g/mol. The van der Waals surface area contributed by atoms with Crippen LogP contribution >= 0.6 is 0 Å². The van der Waals surface area contributed by atoms with Crippen LogP contribution in [0.2, 0.25) is 0 Å². The SMILES string of the molecule is CCNC(=O)N1CCN(C(=O)CC2CCCNC2)CC1. The maximum absolute atomic E-state index is 12.2. The van der Waals surface area contributed by atoms with Crippen molar-refractivity contribution in [3.8, 4) is 0 Å². The number of piperazine rings is 1. The number of hydrogen-bond donors (Lipinski definition) is 2. The Balaban J connectivity index is 1.72. The molecule has 2 rings (SSSR count). The van der Waals surface area contributed by atoms with Crippen LogP contribution in [0.4, 0.5) is 4.79 Å². The van der Waals surface area contributed by atoms with E-state index in [1.165, 1.54) is 6.42 Å². The van der Waals surface area contributed by atoms with Gasteiger partial charge in [0.15, 0.2) is 0 Å². The van der Waals surface area contributed by atoms with E-state index in [1.54, 1.807) is 4.90 Å². The van der Waals surface area contributed by atoms with E-state index in [4.69, 9.17) is 0 Å². The van der Waals surface area contributed by atoms with E-state index in [9.17, 15) is 9.59 Å². The molecule has 0 radical (unpaired) electrons. The lowest BCUT2D eigenvalue weighted by Crippen LogP contribution is -2.53. The Hall–Kier alpha value is -1.30. The van der Waals surface area contributed by atoms with Gasteiger partial charge in [0.25, 0.3) is 0 Å². The summed E-state index contributed by atoms with van der Waals surface area (Å²) in [7, 11) is 0. The molecule has 0 aliphatic carbocycles. The second kappa shape index (κ2) is 7.47. The zero-order valence-corrected chi connectivity index (χ0v) is 12.4. The van der Waals surface area contributed by atoms with Gasteiger partial charge in [-0.25, -0.2) is 4.79 Å². The summed E-state index contributed by atoms with van der Waals surface area (Å²) in [5.41, 5.74) is 0. The van der Waals surface area contributed by atoms with Crippen LogP contribution in [0.1, 0.15) is 26.2 Å². The van der Waals surface area contributed by atoms with Crippen molar-refractivity contribution in [2.75, 3.05) is 45.8 Å². The van der Waals surface area contributed by atoms with Crippen molar-refractivity contribution in [2.45, 2.75) is 26.2 Å². The normalized spacial score (nSPS) is 23.6. The number of rotatable bonds is 3. The number of carbonyl (C=O) groups is 2. The first kappa shape index (κ1) is 15.1. The average Bonchev–Trinajstić information content (AvgIpc) is 2.48. The maximum atomic E-state index is 12.2. The van der Waals surface area contributed by atoms with Gasteiger partial charge in [-0.3, -0.25) is 4.79 Å². The topological polar surface area (TPSA) is 64.7 Å². The molecule has 1 atom stereocenters. The van der Waals surface area contributed by atoms with Gasteiger partial charge in [-0.2, -0.15) is 0 Å².